The fourth-order valence-electron chi connectivity index (χ4n) is 1.08. The Kier molecular flexibility index (Phi) is 3.52. The van der Waals surface area contributed by atoms with Crippen LogP contribution in [0.15, 0.2) is 24.3 Å². The minimum absolute atomic E-state index is 0.144. The third-order valence-corrected chi connectivity index (χ3v) is 1.90. The summed E-state index contributed by atoms with van der Waals surface area (Å²) in [5, 5.41) is 18.0. The topological polar surface area (TPSA) is 60.8 Å². The molecule has 0 radical (unpaired) electrons. The largest absolute Gasteiger partial charge is 0.489 e. The average molecular weight is 213 g/mol. The highest BCUT2D eigenvalue weighted by Gasteiger charge is 2.21. The number of carbonyl (C=O) groups is 1. The van der Waals surface area contributed by atoms with Gasteiger partial charge in [-0.15, -0.1) is 0 Å². The Morgan fingerprint density at radius 1 is 1.43 bits per heavy atom. The van der Waals surface area contributed by atoms with Gasteiger partial charge in [-0.1, -0.05) is 18.2 Å². The van der Waals surface area contributed by atoms with Gasteiger partial charge in [0.15, 0.2) is 0 Å². The second-order valence-electron chi connectivity index (χ2n) is 2.74. The van der Waals surface area contributed by atoms with E-state index in [0.29, 0.717) is 0 Å². The van der Waals surface area contributed by atoms with Gasteiger partial charge in [-0.3, -0.25) is 9.21 Å². The smallest absolute Gasteiger partial charge is 0.423 e. The lowest BCUT2D eigenvalue weighted by atomic mass is 9.77. The monoisotopic (exact) mass is 213 g/mol. The van der Waals surface area contributed by atoms with Gasteiger partial charge in [-0.25, -0.2) is 0 Å². The first-order valence-corrected chi connectivity index (χ1v) is 4.26. The van der Waals surface area contributed by atoms with E-state index in [-0.39, 0.29) is 11.0 Å². The maximum atomic E-state index is 11.4. The fourth-order valence-corrected chi connectivity index (χ4v) is 1.17. The first-order valence-electron chi connectivity index (χ1n) is 3.93. The van der Waals surface area contributed by atoms with Crippen molar-refractivity contribution in [2.24, 2.45) is 0 Å². The van der Waals surface area contributed by atoms with Gasteiger partial charge in [0, 0.05) is 24.4 Å². The summed E-state index contributed by atoms with van der Waals surface area (Å²) in [6, 6.07) is 6.17. The zero-order chi connectivity index (χ0) is 10.7. The number of benzene rings is 1. The molecule has 0 aliphatic rings. The molecule has 1 rings (SSSR count). The lowest BCUT2D eigenvalue weighted by molar-refractivity contribution is 0.0885. The normalized spacial score (nSPS) is 9.71. The molecule has 1 aromatic carbocycles. The van der Waals surface area contributed by atoms with E-state index >= 15 is 0 Å². The van der Waals surface area contributed by atoms with Gasteiger partial charge in [0.1, 0.15) is 0 Å². The van der Waals surface area contributed by atoms with E-state index in [2.05, 4.69) is 0 Å². The Morgan fingerprint density at radius 3 is 2.50 bits per heavy atom. The number of carbonyl (C=O) groups excluding carboxylic acids is 1. The lowest BCUT2D eigenvalue weighted by Crippen LogP contribution is -2.36. The van der Waals surface area contributed by atoms with Crippen molar-refractivity contribution in [2.75, 3.05) is 7.05 Å². The molecular formula is C8H9BClNO3. The second kappa shape index (κ2) is 4.46. The molecule has 4 nitrogen and oxygen atoms in total. The Hall–Kier alpha value is -1.04. The van der Waals surface area contributed by atoms with Gasteiger partial charge in [0.25, 0.3) is 5.91 Å². The number of halogens is 1. The van der Waals surface area contributed by atoms with Crippen LogP contribution in [0.4, 0.5) is 0 Å². The van der Waals surface area contributed by atoms with E-state index in [0.717, 1.165) is 4.42 Å². The predicted octanol–water partition coefficient (Wildman–Crippen LogP) is -0.408. The Bertz CT molecular complexity index is 343. The van der Waals surface area contributed by atoms with Crippen molar-refractivity contribution in [3.05, 3.63) is 29.8 Å². The highest BCUT2D eigenvalue weighted by molar-refractivity contribution is 6.60. The highest BCUT2D eigenvalue weighted by atomic mass is 35.5. The molecule has 74 valence electrons. The molecule has 0 fully saturated rings. The first kappa shape index (κ1) is 11.0. The van der Waals surface area contributed by atoms with Crippen LogP contribution in [0.5, 0.6) is 0 Å². The van der Waals surface area contributed by atoms with E-state index in [1.54, 1.807) is 12.1 Å². The molecule has 6 heteroatoms. The van der Waals surface area contributed by atoms with Gasteiger partial charge < -0.3 is 10.0 Å². The van der Waals surface area contributed by atoms with Crippen LogP contribution in [0.2, 0.25) is 0 Å². The van der Waals surface area contributed by atoms with Crippen LogP contribution in [0.25, 0.3) is 0 Å². The zero-order valence-electron chi connectivity index (χ0n) is 7.51. The molecule has 0 unspecified atom stereocenters. The molecule has 0 aliphatic carbocycles. The summed E-state index contributed by atoms with van der Waals surface area (Å²) in [6.45, 7) is 0. The van der Waals surface area contributed by atoms with Crippen molar-refractivity contribution in [1.82, 2.24) is 4.42 Å². The number of nitrogens with zero attached hydrogens (tertiary/aromatic N) is 1. The van der Waals surface area contributed by atoms with Gasteiger partial charge in [-0.05, 0) is 11.5 Å². The van der Waals surface area contributed by atoms with E-state index in [4.69, 9.17) is 21.8 Å². The molecule has 1 amide bonds. The summed E-state index contributed by atoms with van der Waals surface area (Å²) in [6.07, 6.45) is 0. The zero-order valence-corrected chi connectivity index (χ0v) is 8.27. The van der Waals surface area contributed by atoms with Crippen molar-refractivity contribution in [3.8, 4) is 0 Å². The van der Waals surface area contributed by atoms with Crippen LogP contribution in [0.1, 0.15) is 10.4 Å². The highest BCUT2D eigenvalue weighted by Crippen LogP contribution is 2.03. The van der Waals surface area contributed by atoms with Crippen molar-refractivity contribution in [3.63, 3.8) is 0 Å². The van der Waals surface area contributed by atoms with Crippen LogP contribution in [-0.4, -0.2) is 34.5 Å². The van der Waals surface area contributed by atoms with E-state index < -0.39 is 13.0 Å². The quantitative estimate of drug-likeness (QED) is 0.519. The van der Waals surface area contributed by atoms with Gasteiger partial charge in [-0.2, -0.15) is 0 Å². The molecule has 0 heterocycles. The summed E-state index contributed by atoms with van der Waals surface area (Å²) in [7, 11) is -0.295. The van der Waals surface area contributed by atoms with E-state index in [1.165, 1.54) is 19.2 Å². The molecule has 0 bridgehead atoms. The van der Waals surface area contributed by atoms with Crippen LogP contribution in [0, 0.1) is 0 Å². The molecule has 14 heavy (non-hydrogen) atoms. The number of amides is 1. The molecule has 0 aliphatic heterocycles. The summed E-state index contributed by atoms with van der Waals surface area (Å²) < 4.78 is 0.862. The Morgan fingerprint density at radius 2 is 2.00 bits per heavy atom. The molecule has 0 saturated heterocycles. The maximum absolute atomic E-state index is 11.4. The van der Waals surface area contributed by atoms with Gasteiger partial charge in [0.05, 0.1) is 0 Å². The molecule has 0 aromatic heterocycles. The molecule has 0 spiro atoms. The van der Waals surface area contributed by atoms with Crippen LogP contribution >= 0.6 is 11.8 Å². The van der Waals surface area contributed by atoms with Gasteiger partial charge >= 0.3 is 7.12 Å². The Balaban J connectivity index is 3.13. The molecule has 1 aromatic rings. The summed E-state index contributed by atoms with van der Waals surface area (Å²) in [5.41, 5.74) is 0.324. The minimum atomic E-state index is -1.67. The third kappa shape index (κ3) is 2.26. The number of hydrogen-bond donors (Lipinski definition) is 2. The molecule has 0 saturated carbocycles. The van der Waals surface area contributed by atoms with Crippen molar-refractivity contribution in [1.29, 1.82) is 0 Å². The predicted molar refractivity (Wildman–Crippen MR) is 54.2 cm³/mol. The molecule has 2 N–H and O–H groups in total. The van der Waals surface area contributed by atoms with E-state index in [1.807, 2.05) is 0 Å². The average Bonchev–Trinajstić information content (AvgIpc) is 2.16. The standard InChI is InChI=1S/C8H9BClNO3/c1-11(10)8(12)6-4-2-3-5-7(6)9(13)14/h2-5,13-14H,1H3. The van der Waals surface area contributed by atoms with E-state index in [9.17, 15) is 4.79 Å². The van der Waals surface area contributed by atoms with Crippen molar-refractivity contribution >= 4 is 30.3 Å². The van der Waals surface area contributed by atoms with Gasteiger partial charge in [0.2, 0.25) is 0 Å². The van der Waals surface area contributed by atoms with Crippen LogP contribution < -0.4 is 5.46 Å². The first-order chi connectivity index (χ1) is 6.54. The SMILES string of the molecule is CN(Cl)C(=O)c1ccccc1B(O)O. The number of hydrogen-bond acceptors (Lipinski definition) is 3. The maximum Gasteiger partial charge on any atom is 0.489 e. The Labute approximate surface area is 87.0 Å². The second-order valence-corrected chi connectivity index (χ2v) is 3.25. The van der Waals surface area contributed by atoms with Crippen molar-refractivity contribution in [2.45, 2.75) is 0 Å². The minimum Gasteiger partial charge on any atom is -0.423 e. The lowest BCUT2D eigenvalue weighted by Gasteiger charge is -2.10. The van der Waals surface area contributed by atoms with Crippen LogP contribution in [-0.2, 0) is 0 Å². The van der Waals surface area contributed by atoms with Crippen LogP contribution in [0.3, 0.4) is 0 Å². The third-order valence-electron chi connectivity index (χ3n) is 1.75. The summed E-state index contributed by atoms with van der Waals surface area (Å²) >= 11 is 5.46. The van der Waals surface area contributed by atoms with Crippen molar-refractivity contribution < 1.29 is 14.8 Å². The fraction of sp³-hybridized carbons (Fsp3) is 0.125. The molecular weight excluding hydrogens is 204 g/mol. The number of rotatable bonds is 2. The molecule has 0 atom stereocenters. The summed E-state index contributed by atoms with van der Waals surface area (Å²) in [4.78, 5) is 11.4. The summed E-state index contributed by atoms with van der Waals surface area (Å²) in [5.74, 6) is -0.477.